The van der Waals surface area contributed by atoms with Gasteiger partial charge in [-0.2, -0.15) is 5.26 Å². The first-order valence-corrected chi connectivity index (χ1v) is 19.7. The van der Waals surface area contributed by atoms with Crippen molar-refractivity contribution in [1.29, 1.82) is 5.26 Å². The Morgan fingerprint density at radius 1 is 0.917 bits per heavy atom. The van der Waals surface area contributed by atoms with E-state index in [9.17, 15) is 29.8 Å². The normalized spacial score (nSPS) is 11.4. The van der Waals surface area contributed by atoms with Crippen LogP contribution in [0, 0.1) is 21.4 Å². The summed E-state index contributed by atoms with van der Waals surface area (Å²) in [5, 5.41) is 20.7. The molecule has 310 valence electrons. The summed E-state index contributed by atoms with van der Waals surface area (Å²) >= 11 is 10.6. The third-order valence-corrected chi connectivity index (χ3v) is 9.82. The molecule has 5 rings (SSSR count). The Morgan fingerprint density at radius 2 is 1.63 bits per heavy atom. The van der Waals surface area contributed by atoms with E-state index in [2.05, 4.69) is 20.9 Å². The molecule has 1 atom stereocenters. The third kappa shape index (κ3) is 12.0. The molecule has 14 nitrogen and oxygen atoms in total. The van der Waals surface area contributed by atoms with Crippen molar-refractivity contribution in [1.82, 2.24) is 9.88 Å². The lowest BCUT2D eigenvalue weighted by Crippen LogP contribution is -2.50. The number of hydrogen-bond donors (Lipinski definition) is 0. The molecule has 0 fully saturated rings. The minimum Gasteiger partial charge on any atom is -0.488 e. The number of halogens is 2. The summed E-state index contributed by atoms with van der Waals surface area (Å²) in [6, 6.07) is 27.1. The van der Waals surface area contributed by atoms with Gasteiger partial charge in [-0.15, -0.1) is 0 Å². The number of ether oxygens (including phenoxy) is 5. The number of rotatable bonds is 16. The number of amides is 1. The molecule has 0 saturated carbocycles. The van der Waals surface area contributed by atoms with Gasteiger partial charge in [0.05, 0.1) is 28.7 Å². The summed E-state index contributed by atoms with van der Waals surface area (Å²) < 4.78 is 30.0. The lowest BCUT2D eigenvalue weighted by atomic mass is 10.0. The molecule has 0 aliphatic rings. The van der Waals surface area contributed by atoms with Crippen molar-refractivity contribution in [3.8, 4) is 28.7 Å². The van der Waals surface area contributed by atoms with Crippen LogP contribution >= 0.6 is 27.5 Å². The first kappa shape index (κ1) is 44.6. The van der Waals surface area contributed by atoms with Crippen LogP contribution in [-0.4, -0.2) is 57.7 Å². The van der Waals surface area contributed by atoms with Gasteiger partial charge >= 0.3 is 18.0 Å². The molecule has 0 aliphatic heterocycles. The van der Waals surface area contributed by atoms with Crippen LogP contribution in [-0.2, 0) is 38.8 Å². The van der Waals surface area contributed by atoms with Crippen molar-refractivity contribution in [2.24, 2.45) is 0 Å². The Labute approximate surface area is 359 Å². The number of benzene rings is 4. The smallest absolute Gasteiger partial charge is 0.411 e. The minimum atomic E-state index is -1.54. The fourth-order valence-corrected chi connectivity index (χ4v) is 6.55. The van der Waals surface area contributed by atoms with Crippen LogP contribution in [0.4, 0.5) is 10.5 Å². The van der Waals surface area contributed by atoms with Crippen molar-refractivity contribution < 1.29 is 43.0 Å². The zero-order chi connectivity index (χ0) is 43.4. The van der Waals surface area contributed by atoms with Crippen molar-refractivity contribution in [2.75, 3.05) is 13.2 Å². The maximum atomic E-state index is 14.0. The van der Waals surface area contributed by atoms with E-state index in [1.807, 2.05) is 54.6 Å². The van der Waals surface area contributed by atoms with E-state index in [4.69, 9.17) is 35.3 Å². The SMILES string of the molecule is CCOC(=O)[C@H](COC(=O)c1ccc([N+](=O)[O-])cc1)N(Cc1cc(Cl)c(OCc2cccc(-c3ccccc3)c2Br)cc1OCc1ccnc(C#N)c1)C(=O)OC(C)(C)C. The molecule has 0 spiro atoms. The van der Waals surface area contributed by atoms with E-state index < -0.39 is 41.2 Å². The van der Waals surface area contributed by atoms with Gasteiger partial charge in [-0.05, 0) is 90.6 Å². The molecular formula is C44H40BrClN4O10. The molecule has 0 saturated heterocycles. The van der Waals surface area contributed by atoms with Gasteiger partial charge in [-0.3, -0.25) is 15.0 Å². The average Bonchev–Trinajstić information content (AvgIpc) is 3.22. The molecule has 5 aromatic rings. The second kappa shape index (κ2) is 20.5. The maximum Gasteiger partial charge on any atom is 0.411 e. The number of nitro groups is 1. The zero-order valence-corrected chi connectivity index (χ0v) is 35.4. The molecule has 16 heteroatoms. The van der Waals surface area contributed by atoms with Crippen molar-refractivity contribution in [2.45, 2.75) is 59.1 Å². The first-order chi connectivity index (χ1) is 28.7. The molecule has 0 N–H and O–H groups in total. The molecule has 0 bridgehead atoms. The van der Waals surface area contributed by atoms with Gasteiger partial charge in [0, 0.05) is 40.0 Å². The molecule has 0 aliphatic carbocycles. The lowest BCUT2D eigenvalue weighted by Gasteiger charge is -2.32. The molecule has 1 aromatic heterocycles. The van der Waals surface area contributed by atoms with Crippen LogP contribution in [0.5, 0.6) is 11.5 Å². The van der Waals surface area contributed by atoms with Crippen molar-refractivity contribution >= 4 is 51.3 Å². The molecule has 60 heavy (non-hydrogen) atoms. The maximum absolute atomic E-state index is 14.0. The quantitative estimate of drug-likeness (QED) is 0.0397. The number of nitro benzene ring substituents is 1. The highest BCUT2D eigenvalue weighted by Crippen LogP contribution is 2.37. The summed E-state index contributed by atoms with van der Waals surface area (Å²) in [7, 11) is 0. The van der Waals surface area contributed by atoms with Gasteiger partial charge in [0.2, 0.25) is 0 Å². The van der Waals surface area contributed by atoms with Gasteiger partial charge in [0.1, 0.15) is 48.7 Å². The Hall–Kier alpha value is -6.50. The van der Waals surface area contributed by atoms with E-state index in [1.54, 1.807) is 45.9 Å². The van der Waals surface area contributed by atoms with Crippen LogP contribution in [0.15, 0.2) is 108 Å². The van der Waals surface area contributed by atoms with E-state index in [1.165, 1.54) is 24.4 Å². The van der Waals surface area contributed by atoms with Gasteiger partial charge in [0.15, 0.2) is 6.04 Å². The summed E-state index contributed by atoms with van der Waals surface area (Å²) in [4.78, 5) is 56.3. The predicted molar refractivity (Wildman–Crippen MR) is 224 cm³/mol. The van der Waals surface area contributed by atoms with E-state index in [-0.39, 0.29) is 59.8 Å². The topological polar surface area (TPSA) is 180 Å². The molecule has 0 unspecified atom stereocenters. The molecule has 1 heterocycles. The number of aromatic nitrogens is 1. The second-order valence-electron chi connectivity index (χ2n) is 14.1. The number of pyridine rings is 1. The molecule has 4 aromatic carbocycles. The fraction of sp³-hybridized carbons (Fsp3) is 0.250. The second-order valence-corrected chi connectivity index (χ2v) is 15.3. The van der Waals surface area contributed by atoms with E-state index >= 15 is 0 Å². The van der Waals surface area contributed by atoms with Gasteiger partial charge in [-0.1, -0.05) is 60.1 Å². The number of non-ortho nitro benzene ring substituents is 1. The summed E-state index contributed by atoms with van der Waals surface area (Å²) in [6.45, 7) is 5.46. The molecular weight excluding hydrogens is 860 g/mol. The molecule has 1 amide bonds. The number of carbonyl (C=O) groups excluding carboxylic acids is 3. The lowest BCUT2D eigenvalue weighted by molar-refractivity contribution is -0.384. The van der Waals surface area contributed by atoms with Crippen molar-refractivity contribution in [3.63, 3.8) is 0 Å². The summed E-state index contributed by atoms with van der Waals surface area (Å²) in [5.74, 6) is -1.38. The number of nitriles is 1. The van der Waals surface area contributed by atoms with Crippen LogP contribution in [0.2, 0.25) is 5.02 Å². The van der Waals surface area contributed by atoms with E-state index in [0.717, 1.165) is 38.2 Å². The third-order valence-electron chi connectivity index (χ3n) is 8.58. The van der Waals surface area contributed by atoms with Gasteiger partial charge in [-0.25, -0.2) is 19.4 Å². The number of esters is 2. The van der Waals surface area contributed by atoms with Crippen LogP contribution in [0.1, 0.15) is 60.4 Å². The zero-order valence-electron chi connectivity index (χ0n) is 33.1. The Bertz CT molecular complexity index is 2380. The highest BCUT2D eigenvalue weighted by Gasteiger charge is 2.36. The monoisotopic (exact) mass is 898 g/mol. The Morgan fingerprint density at radius 3 is 2.30 bits per heavy atom. The first-order valence-electron chi connectivity index (χ1n) is 18.5. The van der Waals surface area contributed by atoms with Gasteiger partial charge in [0.25, 0.3) is 5.69 Å². The van der Waals surface area contributed by atoms with Crippen LogP contribution < -0.4 is 9.47 Å². The average molecular weight is 900 g/mol. The Balaban J connectivity index is 1.51. The predicted octanol–water partition coefficient (Wildman–Crippen LogP) is 9.63. The fourth-order valence-electron chi connectivity index (χ4n) is 5.71. The Kier molecular flexibility index (Phi) is 15.2. The summed E-state index contributed by atoms with van der Waals surface area (Å²) in [6.07, 6.45) is 0.521. The number of carbonyl (C=O) groups is 3. The van der Waals surface area contributed by atoms with E-state index in [0.29, 0.717) is 11.1 Å². The highest BCUT2D eigenvalue weighted by atomic mass is 79.9. The highest BCUT2D eigenvalue weighted by molar-refractivity contribution is 9.10. The largest absolute Gasteiger partial charge is 0.488 e. The van der Waals surface area contributed by atoms with Crippen LogP contribution in [0.25, 0.3) is 11.1 Å². The van der Waals surface area contributed by atoms with Crippen LogP contribution in [0.3, 0.4) is 0 Å². The number of nitrogens with zero attached hydrogens (tertiary/aromatic N) is 4. The standard InChI is InChI=1S/C44H40BrClN4O10/c1-5-56-42(52)37(27-59-41(51)30-14-16-34(17-15-30)50(54)55)49(43(53)60-44(2,3)4)24-32-21-36(46)39(22-38(32)57-25-28-18-19-48-33(20-28)23-47)58-26-31-12-9-13-35(40(31)45)29-10-7-6-8-11-29/h6-22,37H,5,24-27H2,1-4H3/t37-/m0/s1. The minimum absolute atomic E-state index is 0.0282. The van der Waals surface area contributed by atoms with Crippen molar-refractivity contribution in [3.05, 3.63) is 151 Å². The van der Waals surface area contributed by atoms with Gasteiger partial charge < -0.3 is 23.7 Å². The molecule has 0 radical (unpaired) electrons. The summed E-state index contributed by atoms with van der Waals surface area (Å²) in [5.41, 5.74) is 2.61. The number of hydrogen-bond acceptors (Lipinski definition) is 12.